The molecule has 112 valence electrons. The van der Waals surface area contributed by atoms with E-state index in [9.17, 15) is 5.11 Å². The SMILES string of the molecule is COc1ccc2ccccc2c1C(O)C1CCCC(C)C1. The van der Waals surface area contributed by atoms with Gasteiger partial charge in [0.05, 0.1) is 13.2 Å². The highest BCUT2D eigenvalue weighted by Crippen LogP contribution is 2.42. The Labute approximate surface area is 126 Å². The number of rotatable bonds is 3. The molecule has 0 spiro atoms. The molecule has 1 fully saturated rings. The highest BCUT2D eigenvalue weighted by molar-refractivity contribution is 5.88. The molecule has 0 aliphatic heterocycles. The first-order valence-corrected chi connectivity index (χ1v) is 7.94. The molecule has 2 heteroatoms. The largest absolute Gasteiger partial charge is 0.496 e. The molecule has 3 unspecified atom stereocenters. The van der Waals surface area contributed by atoms with Gasteiger partial charge in [-0.25, -0.2) is 0 Å². The standard InChI is InChI=1S/C19H24O2/c1-13-6-5-8-15(12-13)19(20)18-16-9-4-3-7-14(16)10-11-17(18)21-2/h3-4,7,9-11,13,15,19-20H,5-6,8,12H2,1-2H3. The van der Waals surface area contributed by atoms with Crippen molar-refractivity contribution in [3.05, 3.63) is 42.0 Å². The molecular formula is C19H24O2. The van der Waals surface area contributed by atoms with Gasteiger partial charge in [0.15, 0.2) is 0 Å². The minimum Gasteiger partial charge on any atom is -0.496 e. The molecule has 0 aromatic heterocycles. The predicted octanol–water partition coefficient (Wildman–Crippen LogP) is 4.71. The number of hydrogen-bond donors (Lipinski definition) is 1. The van der Waals surface area contributed by atoms with Crippen molar-refractivity contribution in [2.75, 3.05) is 7.11 Å². The molecule has 21 heavy (non-hydrogen) atoms. The number of benzene rings is 2. The molecule has 3 rings (SSSR count). The van der Waals surface area contributed by atoms with E-state index in [2.05, 4.69) is 25.1 Å². The van der Waals surface area contributed by atoms with Crippen molar-refractivity contribution < 1.29 is 9.84 Å². The second-order valence-electron chi connectivity index (χ2n) is 6.38. The van der Waals surface area contributed by atoms with Gasteiger partial charge in [0.2, 0.25) is 0 Å². The highest BCUT2D eigenvalue weighted by Gasteiger charge is 2.29. The topological polar surface area (TPSA) is 29.5 Å². The van der Waals surface area contributed by atoms with Crippen molar-refractivity contribution in [2.45, 2.75) is 38.7 Å². The smallest absolute Gasteiger partial charge is 0.125 e. The fourth-order valence-electron chi connectivity index (χ4n) is 3.76. The maximum absolute atomic E-state index is 11.0. The molecule has 0 saturated heterocycles. The Morgan fingerprint density at radius 2 is 1.95 bits per heavy atom. The van der Waals surface area contributed by atoms with E-state index in [4.69, 9.17) is 4.74 Å². The molecule has 1 aliphatic rings. The van der Waals surface area contributed by atoms with Crippen molar-refractivity contribution >= 4 is 10.8 Å². The summed E-state index contributed by atoms with van der Waals surface area (Å²) in [5.74, 6) is 1.85. The maximum atomic E-state index is 11.0. The van der Waals surface area contributed by atoms with E-state index in [-0.39, 0.29) is 0 Å². The third-order valence-corrected chi connectivity index (χ3v) is 4.87. The van der Waals surface area contributed by atoms with E-state index in [0.29, 0.717) is 11.8 Å². The lowest BCUT2D eigenvalue weighted by atomic mass is 9.77. The lowest BCUT2D eigenvalue weighted by molar-refractivity contribution is 0.0705. The van der Waals surface area contributed by atoms with Crippen molar-refractivity contribution in [1.82, 2.24) is 0 Å². The molecule has 1 saturated carbocycles. The quantitative estimate of drug-likeness (QED) is 0.884. The Morgan fingerprint density at radius 1 is 1.14 bits per heavy atom. The Bertz CT molecular complexity index is 620. The van der Waals surface area contributed by atoms with Crippen LogP contribution < -0.4 is 4.74 Å². The molecule has 2 aromatic rings. The molecule has 0 heterocycles. The number of ether oxygens (including phenoxy) is 1. The van der Waals surface area contributed by atoms with E-state index in [0.717, 1.165) is 34.9 Å². The molecule has 1 aliphatic carbocycles. The first-order valence-electron chi connectivity index (χ1n) is 7.94. The second kappa shape index (κ2) is 6.07. The van der Waals surface area contributed by atoms with Crippen molar-refractivity contribution in [2.24, 2.45) is 11.8 Å². The van der Waals surface area contributed by atoms with E-state index in [1.54, 1.807) is 7.11 Å². The molecular weight excluding hydrogens is 260 g/mol. The third-order valence-electron chi connectivity index (χ3n) is 4.87. The normalized spacial score (nSPS) is 24.0. The van der Waals surface area contributed by atoms with Crippen molar-refractivity contribution in [3.63, 3.8) is 0 Å². The fraction of sp³-hybridized carbons (Fsp3) is 0.474. The summed E-state index contributed by atoms with van der Waals surface area (Å²) in [7, 11) is 1.68. The number of aliphatic hydroxyl groups is 1. The van der Waals surface area contributed by atoms with Crippen LogP contribution in [0.1, 0.15) is 44.3 Å². The van der Waals surface area contributed by atoms with Gasteiger partial charge in [-0.3, -0.25) is 0 Å². The van der Waals surface area contributed by atoms with Crippen LogP contribution in [0.25, 0.3) is 10.8 Å². The van der Waals surface area contributed by atoms with Gasteiger partial charge < -0.3 is 9.84 Å². The highest BCUT2D eigenvalue weighted by atomic mass is 16.5. The van der Waals surface area contributed by atoms with E-state index >= 15 is 0 Å². The monoisotopic (exact) mass is 284 g/mol. The maximum Gasteiger partial charge on any atom is 0.125 e. The van der Waals surface area contributed by atoms with Gasteiger partial charge >= 0.3 is 0 Å². The molecule has 2 nitrogen and oxygen atoms in total. The van der Waals surface area contributed by atoms with E-state index < -0.39 is 6.10 Å². The summed E-state index contributed by atoms with van der Waals surface area (Å²) in [4.78, 5) is 0. The van der Waals surface area contributed by atoms with Crippen LogP contribution in [-0.2, 0) is 0 Å². The van der Waals surface area contributed by atoms with E-state index in [1.807, 2.05) is 18.2 Å². The number of methoxy groups -OCH3 is 1. The van der Waals surface area contributed by atoms with Gasteiger partial charge in [0.25, 0.3) is 0 Å². The number of hydrogen-bond acceptors (Lipinski definition) is 2. The van der Waals surface area contributed by atoms with Crippen molar-refractivity contribution in [1.29, 1.82) is 0 Å². The zero-order valence-corrected chi connectivity index (χ0v) is 12.9. The summed E-state index contributed by atoms with van der Waals surface area (Å²) < 4.78 is 5.53. The molecule has 0 amide bonds. The average Bonchev–Trinajstić information content (AvgIpc) is 2.53. The lowest BCUT2D eigenvalue weighted by Gasteiger charge is -2.31. The summed E-state index contributed by atoms with van der Waals surface area (Å²) in [6.45, 7) is 2.29. The van der Waals surface area contributed by atoms with Crippen LogP contribution in [0.4, 0.5) is 0 Å². The summed E-state index contributed by atoms with van der Waals surface area (Å²) in [5.41, 5.74) is 0.967. The Hall–Kier alpha value is -1.54. The minimum absolute atomic E-state index is 0.341. The fourth-order valence-corrected chi connectivity index (χ4v) is 3.76. The van der Waals surface area contributed by atoms with Gasteiger partial charge in [0.1, 0.15) is 5.75 Å². The summed E-state index contributed by atoms with van der Waals surface area (Å²) >= 11 is 0. The number of aliphatic hydroxyl groups excluding tert-OH is 1. The van der Waals surface area contributed by atoms with Gasteiger partial charge in [-0.2, -0.15) is 0 Å². The molecule has 2 aromatic carbocycles. The van der Waals surface area contributed by atoms with Crippen LogP contribution in [0.15, 0.2) is 36.4 Å². The molecule has 0 radical (unpaired) electrons. The van der Waals surface area contributed by atoms with E-state index in [1.165, 1.54) is 12.8 Å². The molecule has 0 bridgehead atoms. The second-order valence-corrected chi connectivity index (χ2v) is 6.38. The predicted molar refractivity (Wildman–Crippen MR) is 86.6 cm³/mol. The molecule has 1 N–H and O–H groups in total. The Kier molecular flexibility index (Phi) is 4.16. The van der Waals surface area contributed by atoms with Crippen LogP contribution in [0.3, 0.4) is 0 Å². The number of fused-ring (bicyclic) bond motifs is 1. The van der Waals surface area contributed by atoms with Crippen LogP contribution >= 0.6 is 0 Å². The van der Waals surface area contributed by atoms with Crippen LogP contribution in [0, 0.1) is 11.8 Å². The zero-order chi connectivity index (χ0) is 14.8. The first-order chi connectivity index (χ1) is 10.2. The van der Waals surface area contributed by atoms with Gasteiger partial charge in [-0.05, 0) is 41.5 Å². The minimum atomic E-state index is -0.436. The Balaban J connectivity index is 2.04. The van der Waals surface area contributed by atoms with Crippen LogP contribution in [0.5, 0.6) is 5.75 Å². The zero-order valence-electron chi connectivity index (χ0n) is 12.9. The Morgan fingerprint density at radius 3 is 2.71 bits per heavy atom. The first kappa shape index (κ1) is 14.4. The van der Waals surface area contributed by atoms with Gasteiger partial charge in [0, 0.05) is 5.56 Å². The third kappa shape index (κ3) is 2.77. The lowest BCUT2D eigenvalue weighted by Crippen LogP contribution is -2.20. The van der Waals surface area contributed by atoms with Crippen LogP contribution in [0.2, 0.25) is 0 Å². The van der Waals surface area contributed by atoms with Crippen molar-refractivity contribution in [3.8, 4) is 5.75 Å². The van der Waals surface area contributed by atoms with Crippen LogP contribution in [-0.4, -0.2) is 12.2 Å². The molecule has 3 atom stereocenters. The summed E-state index contributed by atoms with van der Waals surface area (Å²) in [6, 6.07) is 12.3. The van der Waals surface area contributed by atoms with Gasteiger partial charge in [-0.15, -0.1) is 0 Å². The summed E-state index contributed by atoms with van der Waals surface area (Å²) in [5, 5.41) is 13.3. The average molecular weight is 284 g/mol. The van der Waals surface area contributed by atoms with Gasteiger partial charge in [-0.1, -0.05) is 50.1 Å². The summed E-state index contributed by atoms with van der Waals surface area (Å²) in [6.07, 6.45) is 4.28.